The van der Waals surface area contributed by atoms with Gasteiger partial charge in [0.1, 0.15) is 13.2 Å². The van der Waals surface area contributed by atoms with Gasteiger partial charge >= 0.3 is 7.82 Å². The molecule has 0 aromatic rings. The van der Waals surface area contributed by atoms with Gasteiger partial charge in [-0.15, -0.1) is 0 Å². The maximum Gasteiger partial charge on any atom is 0.475 e. The Bertz CT molecular complexity index is 454. The lowest BCUT2D eigenvalue weighted by molar-refractivity contribution is -0.870. The highest BCUT2D eigenvalue weighted by Gasteiger charge is 2.33. The van der Waals surface area contributed by atoms with Gasteiger partial charge in [-0.2, -0.15) is 0 Å². The van der Waals surface area contributed by atoms with Crippen LogP contribution in [0.4, 0.5) is 0 Å². The summed E-state index contributed by atoms with van der Waals surface area (Å²) in [5.41, 5.74) is 0. The summed E-state index contributed by atoms with van der Waals surface area (Å²) in [6.45, 7) is 7.18. The molecule has 0 bridgehead atoms. The number of hydrogen-bond donors (Lipinski definition) is 1. The second kappa shape index (κ2) is 18.5. The molecule has 188 valence electrons. The maximum absolute atomic E-state index is 13.1. The first-order chi connectivity index (χ1) is 14.6. The fraction of sp³-hybridized carbons (Fsp3) is 1.00. The van der Waals surface area contributed by atoms with Crippen molar-refractivity contribution in [2.75, 3.05) is 40.9 Å². The molecule has 6 nitrogen and oxygen atoms in total. The molecule has 0 saturated carbocycles. The summed E-state index contributed by atoms with van der Waals surface area (Å²) in [4.78, 5) is 0. The Morgan fingerprint density at radius 2 is 1.26 bits per heavy atom. The van der Waals surface area contributed by atoms with Gasteiger partial charge in [0.05, 0.1) is 40.0 Å². The third-order valence-corrected chi connectivity index (χ3v) is 6.89. The van der Waals surface area contributed by atoms with Crippen LogP contribution in [0.5, 0.6) is 0 Å². The highest BCUT2D eigenvalue weighted by Crippen LogP contribution is 2.51. The van der Waals surface area contributed by atoms with E-state index in [9.17, 15) is 9.67 Å². The predicted octanol–water partition coefficient (Wildman–Crippen LogP) is 6.71. The predicted molar refractivity (Wildman–Crippen MR) is 130 cm³/mol. The van der Waals surface area contributed by atoms with Crippen molar-refractivity contribution in [3.8, 4) is 0 Å². The van der Waals surface area contributed by atoms with E-state index in [4.69, 9.17) is 13.6 Å². The first-order valence-corrected chi connectivity index (χ1v) is 14.2. The Balaban J connectivity index is 4.27. The fourth-order valence-electron chi connectivity index (χ4n) is 3.29. The van der Waals surface area contributed by atoms with Gasteiger partial charge in [0.2, 0.25) is 0 Å². The third-order valence-electron chi connectivity index (χ3n) is 5.36. The number of unbranched alkanes of at least 4 members (excludes halogenated alkanes) is 10. The van der Waals surface area contributed by atoms with Crippen molar-refractivity contribution in [2.24, 2.45) is 0 Å². The van der Waals surface area contributed by atoms with E-state index in [-0.39, 0.29) is 6.61 Å². The molecule has 3 unspecified atom stereocenters. The molecule has 0 amide bonds. The van der Waals surface area contributed by atoms with E-state index in [0.29, 0.717) is 24.1 Å². The van der Waals surface area contributed by atoms with Crippen molar-refractivity contribution < 1.29 is 27.7 Å². The normalized spacial score (nSPS) is 16.2. The van der Waals surface area contributed by atoms with Gasteiger partial charge < -0.3 is 9.59 Å². The number of aliphatic hydroxyl groups is 1. The standard InChI is InChI=1S/C24H53NO5P/c1-7-9-10-11-12-13-14-15-16-17-18-19-24(23(3)26)30-31(27,28-21-8-2)29-22-20-25(4,5)6/h23-24,26H,7-22H2,1-6H3/q+1. The molecule has 0 spiro atoms. The molecule has 0 aliphatic heterocycles. The Morgan fingerprint density at radius 1 is 0.774 bits per heavy atom. The van der Waals surface area contributed by atoms with Crippen LogP contribution in [0.25, 0.3) is 0 Å². The van der Waals surface area contributed by atoms with Crippen molar-refractivity contribution in [1.82, 2.24) is 0 Å². The molecule has 0 fully saturated rings. The van der Waals surface area contributed by atoms with Gasteiger partial charge in [0.25, 0.3) is 0 Å². The van der Waals surface area contributed by atoms with Crippen LogP contribution >= 0.6 is 7.82 Å². The van der Waals surface area contributed by atoms with Crippen LogP contribution in [0.3, 0.4) is 0 Å². The third kappa shape index (κ3) is 19.2. The Morgan fingerprint density at radius 3 is 1.71 bits per heavy atom. The van der Waals surface area contributed by atoms with Gasteiger partial charge in [0.15, 0.2) is 0 Å². The summed E-state index contributed by atoms with van der Waals surface area (Å²) in [6, 6.07) is 0. The number of likely N-dealkylation sites (N-methyl/N-ethyl adjacent to an activating group) is 1. The van der Waals surface area contributed by atoms with Gasteiger partial charge in [-0.1, -0.05) is 84.5 Å². The molecule has 0 heterocycles. The summed E-state index contributed by atoms with van der Waals surface area (Å²) in [7, 11) is 2.46. The Labute approximate surface area is 193 Å². The minimum absolute atomic E-state index is 0.287. The second-order valence-corrected chi connectivity index (χ2v) is 11.5. The molecular formula is C24H53NO5P+. The highest BCUT2D eigenvalue weighted by atomic mass is 31.2. The van der Waals surface area contributed by atoms with Crippen LogP contribution in [-0.2, 0) is 18.1 Å². The minimum Gasteiger partial charge on any atom is -0.391 e. The summed E-state index contributed by atoms with van der Waals surface area (Å²) < 4.78 is 30.6. The molecule has 0 aromatic carbocycles. The maximum atomic E-state index is 13.1. The molecule has 0 saturated heterocycles. The van der Waals surface area contributed by atoms with Crippen LogP contribution in [-0.4, -0.2) is 62.7 Å². The van der Waals surface area contributed by atoms with Crippen LogP contribution in [0, 0.1) is 0 Å². The average molecular weight is 467 g/mol. The van der Waals surface area contributed by atoms with Crippen molar-refractivity contribution in [1.29, 1.82) is 0 Å². The largest absolute Gasteiger partial charge is 0.475 e. The number of phosphoric ester groups is 1. The zero-order valence-corrected chi connectivity index (χ0v) is 22.3. The monoisotopic (exact) mass is 466 g/mol. The van der Waals surface area contributed by atoms with E-state index in [1.165, 1.54) is 57.8 Å². The van der Waals surface area contributed by atoms with Crippen LogP contribution < -0.4 is 0 Å². The number of hydrogen-bond acceptors (Lipinski definition) is 5. The lowest BCUT2D eigenvalue weighted by Crippen LogP contribution is -2.37. The molecular weight excluding hydrogens is 413 g/mol. The van der Waals surface area contributed by atoms with Gasteiger partial charge in [-0.25, -0.2) is 4.57 Å². The number of rotatable bonds is 22. The molecule has 7 heteroatoms. The molecule has 0 aromatic heterocycles. The quantitative estimate of drug-likeness (QED) is 0.109. The molecule has 31 heavy (non-hydrogen) atoms. The van der Waals surface area contributed by atoms with Crippen LogP contribution in [0.2, 0.25) is 0 Å². The van der Waals surface area contributed by atoms with E-state index in [1.807, 2.05) is 28.1 Å². The Kier molecular flexibility index (Phi) is 18.5. The lowest BCUT2D eigenvalue weighted by atomic mass is 10.0. The van der Waals surface area contributed by atoms with Crippen molar-refractivity contribution in [3.63, 3.8) is 0 Å². The smallest absolute Gasteiger partial charge is 0.391 e. The first kappa shape index (κ1) is 31.0. The van der Waals surface area contributed by atoms with Gasteiger partial charge in [-0.05, 0) is 19.8 Å². The molecule has 0 radical (unpaired) electrons. The van der Waals surface area contributed by atoms with Crippen molar-refractivity contribution >= 4 is 7.82 Å². The molecule has 0 aliphatic carbocycles. The molecule has 0 rings (SSSR count). The number of phosphoric acid groups is 1. The lowest BCUT2D eigenvalue weighted by Gasteiger charge is -2.28. The second-order valence-electron chi connectivity index (χ2n) is 9.84. The van der Waals surface area contributed by atoms with E-state index in [1.54, 1.807) is 6.92 Å². The SMILES string of the molecule is CCCCCCCCCCCCCC(OP(=O)(OCCC)OCC[N+](C)(C)C)C(C)O. The van der Waals surface area contributed by atoms with E-state index in [0.717, 1.165) is 19.3 Å². The Hall–Kier alpha value is 0.0300. The summed E-state index contributed by atoms with van der Waals surface area (Å²) in [6.07, 6.45) is 14.1. The summed E-state index contributed by atoms with van der Waals surface area (Å²) in [5.74, 6) is 0. The minimum atomic E-state index is -3.68. The van der Waals surface area contributed by atoms with Crippen LogP contribution in [0.15, 0.2) is 0 Å². The zero-order chi connectivity index (χ0) is 23.6. The van der Waals surface area contributed by atoms with Crippen molar-refractivity contribution in [3.05, 3.63) is 0 Å². The summed E-state index contributed by atoms with van der Waals surface area (Å²) >= 11 is 0. The van der Waals surface area contributed by atoms with Crippen LogP contribution in [0.1, 0.15) is 104 Å². The highest BCUT2D eigenvalue weighted by molar-refractivity contribution is 7.48. The first-order valence-electron chi connectivity index (χ1n) is 12.7. The topological polar surface area (TPSA) is 65.0 Å². The summed E-state index contributed by atoms with van der Waals surface area (Å²) in [5, 5.41) is 10.2. The number of aliphatic hydroxyl groups excluding tert-OH is 1. The molecule has 0 aliphatic rings. The number of nitrogens with zero attached hydrogens (tertiary/aromatic N) is 1. The van der Waals surface area contributed by atoms with E-state index < -0.39 is 20.0 Å². The van der Waals surface area contributed by atoms with Crippen molar-refractivity contribution in [2.45, 2.75) is 116 Å². The zero-order valence-electron chi connectivity index (χ0n) is 21.4. The van der Waals surface area contributed by atoms with Gasteiger partial charge in [0, 0.05) is 0 Å². The fourth-order valence-corrected chi connectivity index (χ4v) is 4.81. The van der Waals surface area contributed by atoms with E-state index >= 15 is 0 Å². The van der Waals surface area contributed by atoms with Gasteiger partial charge in [-0.3, -0.25) is 13.6 Å². The molecule has 3 atom stereocenters. The molecule has 1 N–H and O–H groups in total. The van der Waals surface area contributed by atoms with E-state index in [2.05, 4.69) is 6.92 Å². The average Bonchev–Trinajstić information content (AvgIpc) is 2.68. The number of quaternary nitrogens is 1.